The SMILES string of the molecule is COCCCCNCc1ccc(COC(C)C)cc1. The van der Waals surface area contributed by atoms with Crippen LogP contribution in [0.3, 0.4) is 0 Å². The summed E-state index contributed by atoms with van der Waals surface area (Å²) in [5.74, 6) is 0. The first-order valence-corrected chi connectivity index (χ1v) is 7.11. The van der Waals surface area contributed by atoms with Crippen molar-refractivity contribution >= 4 is 0 Å². The number of hydrogen-bond donors (Lipinski definition) is 1. The van der Waals surface area contributed by atoms with Crippen LogP contribution in [0, 0.1) is 0 Å². The summed E-state index contributed by atoms with van der Waals surface area (Å²) in [4.78, 5) is 0. The third-order valence-corrected chi connectivity index (χ3v) is 2.89. The molecule has 0 bridgehead atoms. The molecule has 1 rings (SSSR count). The molecule has 0 amide bonds. The summed E-state index contributed by atoms with van der Waals surface area (Å²) in [6.07, 6.45) is 2.57. The monoisotopic (exact) mass is 265 g/mol. The maximum Gasteiger partial charge on any atom is 0.0720 e. The second-order valence-electron chi connectivity index (χ2n) is 5.05. The van der Waals surface area contributed by atoms with Crippen molar-refractivity contribution in [3.8, 4) is 0 Å². The average molecular weight is 265 g/mol. The fourth-order valence-electron chi connectivity index (χ4n) is 1.75. The molecule has 19 heavy (non-hydrogen) atoms. The number of rotatable bonds is 10. The predicted octanol–water partition coefficient (Wildman–Crippen LogP) is 3.13. The van der Waals surface area contributed by atoms with Crippen LogP contribution in [0.5, 0.6) is 0 Å². The molecule has 0 radical (unpaired) electrons. The first-order chi connectivity index (χ1) is 9.22. The molecule has 0 aliphatic rings. The van der Waals surface area contributed by atoms with Gasteiger partial charge in [-0.3, -0.25) is 0 Å². The number of nitrogens with one attached hydrogen (secondary N) is 1. The van der Waals surface area contributed by atoms with Crippen molar-refractivity contribution in [2.75, 3.05) is 20.3 Å². The molecule has 0 aliphatic heterocycles. The molecular formula is C16H27NO2. The van der Waals surface area contributed by atoms with E-state index in [1.165, 1.54) is 11.1 Å². The van der Waals surface area contributed by atoms with Crippen molar-refractivity contribution in [2.45, 2.75) is 45.9 Å². The third kappa shape index (κ3) is 7.98. The zero-order valence-electron chi connectivity index (χ0n) is 12.4. The smallest absolute Gasteiger partial charge is 0.0720 e. The lowest BCUT2D eigenvalue weighted by atomic mass is 10.1. The summed E-state index contributed by atoms with van der Waals surface area (Å²) in [5, 5.41) is 3.44. The standard InChI is InChI=1S/C16H27NO2/c1-14(2)19-13-16-8-6-15(7-9-16)12-17-10-4-5-11-18-3/h6-9,14,17H,4-5,10-13H2,1-3H3. The molecule has 1 N–H and O–H groups in total. The van der Waals surface area contributed by atoms with Crippen LogP contribution >= 0.6 is 0 Å². The Balaban J connectivity index is 2.17. The summed E-state index contributed by atoms with van der Waals surface area (Å²) in [7, 11) is 1.75. The molecule has 3 nitrogen and oxygen atoms in total. The van der Waals surface area contributed by atoms with Gasteiger partial charge in [-0.15, -0.1) is 0 Å². The highest BCUT2D eigenvalue weighted by molar-refractivity contribution is 5.21. The molecule has 0 saturated carbocycles. The number of ether oxygens (including phenoxy) is 2. The zero-order chi connectivity index (χ0) is 13.9. The predicted molar refractivity (Wildman–Crippen MR) is 79.2 cm³/mol. The first-order valence-electron chi connectivity index (χ1n) is 7.11. The van der Waals surface area contributed by atoms with Gasteiger partial charge < -0.3 is 14.8 Å². The van der Waals surface area contributed by atoms with Crippen molar-refractivity contribution in [1.82, 2.24) is 5.32 Å². The molecule has 0 fully saturated rings. The summed E-state index contributed by atoms with van der Waals surface area (Å²) in [5.41, 5.74) is 2.55. The van der Waals surface area contributed by atoms with Gasteiger partial charge in [-0.25, -0.2) is 0 Å². The molecule has 108 valence electrons. The lowest BCUT2D eigenvalue weighted by molar-refractivity contribution is 0.0657. The Morgan fingerprint density at radius 2 is 1.74 bits per heavy atom. The van der Waals surface area contributed by atoms with Crippen LogP contribution in [0.25, 0.3) is 0 Å². The number of methoxy groups -OCH3 is 1. The minimum absolute atomic E-state index is 0.286. The van der Waals surface area contributed by atoms with E-state index in [2.05, 4.69) is 43.4 Å². The summed E-state index contributed by atoms with van der Waals surface area (Å²) >= 11 is 0. The van der Waals surface area contributed by atoms with Crippen LogP contribution < -0.4 is 5.32 Å². The van der Waals surface area contributed by atoms with E-state index in [4.69, 9.17) is 9.47 Å². The highest BCUT2D eigenvalue weighted by Crippen LogP contribution is 2.07. The second kappa shape index (κ2) is 9.96. The summed E-state index contributed by atoms with van der Waals surface area (Å²) in [6, 6.07) is 8.62. The number of benzene rings is 1. The summed E-state index contributed by atoms with van der Waals surface area (Å²) < 4.78 is 10.6. The molecular weight excluding hydrogens is 238 g/mol. The molecule has 0 aromatic heterocycles. The van der Waals surface area contributed by atoms with Gasteiger partial charge in [-0.1, -0.05) is 24.3 Å². The zero-order valence-corrected chi connectivity index (χ0v) is 12.4. The molecule has 0 atom stereocenters. The van der Waals surface area contributed by atoms with Crippen molar-refractivity contribution in [3.63, 3.8) is 0 Å². The number of unbranched alkanes of at least 4 members (excludes halogenated alkanes) is 1. The van der Waals surface area contributed by atoms with Crippen LogP contribution in [0.1, 0.15) is 37.8 Å². The minimum atomic E-state index is 0.286. The van der Waals surface area contributed by atoms with Gasteiger partial charge in [-0.2, -0.15) is 0 Å². The largest absolute Gasteiger partial charge is 0.385 e. The topological polar surface area (TPSA) is 30.5 Å². The normalized spacial score (nSPS) is 11.2. The van der Waals surface area contributed by atoms with Gasteiger partial charge in [0.05, 0.1) is 12.7 Å². The molecule has 0 spiro atoms. The average Bonchev–Trinajstić information content (AvgIpc) is 2.41. The van der Waals surface area contributed by atoms with E-state index in [0.717, 1.165) is 32.5 Å². The van der Waals surface area contributed by atoms with E-state index in [-0.39, 0.29) is 6.10 Å². The van der Waals surface area contributed by atoms with Gasteiger partial charge >= 0.3 is 0 Å². The first kappa shape index (κ1) is 16.2. The lowest BCUT2D eigenvalue weighted by Crippen LogP contribution is -2.15. The van der Waals surface area contributed by atoms with Crippen molar-refractivity contribution in [2.24, 2.45) is 0 Å². The fourth-order valence-corrected chi connectivity index (χ4v) is 1.75. The molecule has 1 aromatic carbocycles. The highest BCUT2D eigenvalue weighted by Gasteiger charge is 1.97. The van der Waals surface area contributed by atoms with Crippen molar-refractivity contribution < 1.29 is 9.47 Å². The van der Waals surface area contributed by atoms with Gasteiger partial charge in [0, 0.05) is 20.3 Å². The Hall–Kier alpha value is -0.900. The van der Waals surface area contributed by atoms with E-state index >= 15 is 0 Å². The second-order valence-corrected chi connectivity index (χ2v) is 5.05. The molecule has 0 unspecified atom stereocenters. The van der Waals surface area contributed by atoms with Gasteiger partial charge in [0.2, 0.25) is 0 Å². The van der Waals surface area contributed by atoms with E-state index in [9.17, 15) is 0 Å². The highest BCUT2D eigenvalue weighted by atomic mass is 16.5. The Morgan fingerprint density at radius 3 is 2.37 bits per heavy atom. The van der Waals surface area contributed by atoms with Crippen molar-refractivity contribution in [1.29, 1.82) is 0 Å². The fraction of sp³-hybridized carbons (Fsp3) is 0.625. The van der Waals surface area contributed by atoms with E-state index in [1.807, 2.05) is 0 Å². The van der Waals surface area contributed by atoms with Gasteiger partial charge in [0.15, 0.2) is 0 Å². The molecule has 0 heterocycles. The molecule has 0 saturated heterocycles. The third-order valence-electron chi connectivity index (χ3n) is 2.89. The Kier molecular flexibility index (Phi) is 8.47. The van der Waals surface area contributed by atoms with Gasteiger partial charge in [0.1, 0.15) is 0 Å². The van der Waals surface area contributed by atoms with E-state index in [1.54, 1.807) is 7.11 Å². The van der Waals surface area contributed by atoms with Crippen LogP contribution in [0.2, 0.25) is 0 Å². The van der Waals surface area contributed by atoms with E-state index < -0.39 is 0 Å². The van der Waals surface area contributed by atoms with Crippen molar-refractivity contribution in [3.05, 3.63) is 35.4 Å². The Morgan fingerprint density at radius 1 is 1.05 bits per heavy atom. The lowest BCUT2D eigenvalue weighted by Gasteiger charge is -2.09. The van der Waals surface area contributed by atoms with Crippen LogP contribution in [0.15, 0.2) is 24.3 Å². The van der Waals surface area contributed by atoms with Gasteiger partial charge in [-0.05, 0) is 44.4 Å². The maximum atomic E-state index is 5.58. The molecule has 0 aliphatic carbocycles. The number of hydrogen-bond acceptors (Lipinski definition) is 3. The molecule has 1 aromatic rings. The van der Waals surface area contributed by atoms with Crippen LogP contribution in [0.4, 0.5) is 0 Å². The minimum Gasteiger partial charge on any atom is -0.385 e. The van der Waals surface area contributed by atoms with Crippen LogP contribution in [-0.4, -0.2) is 26.4 Å². The van der Waals surface area contributed by atoms with E-state index in [0.29, 0.717) is 6.61 Å². The quantitative estimate of drug-likeness (QED) is 0.659. The molecule has 3 heteroatoms. The Labute approximate surface area is 117 Å². The maximum absolute atomic E-state index is 5.58. The summed E-state index contributed by atoms with van der Waals surface area (Å²) in [6.45, 7) is 7.64. The Bertz CT molecular complexity index is 322. The van der Waals surface area contributed by atoms with Crippen LogP contribution in [-0.2, 0) is 22.6 Å². The van der Waals surface area contributed by atoms with Gasteiger partial charge in [0.25, 0.3) is 0 Å².